The standard InChI is InChI=1S/C22H27N3O4/c1-15-5-7-16(8-6-15)19-17(9-10-18(26)27)23-22(24-19)11-13-25(14-12-22)20(28)29-21(2,3)4/h5-10H,11-14H2,1-4H3,(H,26,27)/b10-9+. The molecule has 0 aliphatic carbocycles. The minimum Gasteiger partial charge on any atom is -0.478 e. The van der Waals surface area contributed by atoms with E-state index in [0.717, 1.165) is 17.2 Å². The number of likely N-dealkylation sites (tertiary alicyclic amines) is 1. The minimum atomic E-state index is -1.03. The second-order valence-electron chi connectivity index (χ2n) is 8.44. The van der Waals surface area contributed by atoms with Gasteiger partial charge in [-0.1, -0.05) is 29.8 Å². The fourth-order valence-corrected chi connectivity index (χ4v) is 3.36. The van der Waals surface area contributed by atoms with Gasteiger partial charge < -0.3 is 14.7 Å². The fraction of sp³-hybridized carbons (Fsp3) is 0.455. The van der Waals surface area contributed by atoms with Crippen molar-refractivity contribution >= 4 is 23.5 Å². The predicted octanol–water partition coefficient (Wildman–Crippen LogP) is 3.61. The van der Waals surface area contributed by atoms with Crippen LogP contribution in [0, 0.1) is 6.92 Å². The molecule has 2 heterocycles. The van der Waals surface area contributed by atoms with Gasteiger partial charge in [0.25, 0.3) is 0 Å². The third-order valence-corrected chi connectivity index (χ3v) is 4.82. The van der Waals surface area contributed by atoms with Gasteiger partial charge in [-0.25, -0.2) is 9.59 Å². The molecule has 1 amide bonds. The van der Waals surface area contributed by atoms with Crippen LogP contribution in [0.1, 0.15) is 44.7 Å². The Morgan fingerprint density at radius 2 is 1.76 bits per heavy atom. The largest absolute Gasteiger partial charge is 0.478 e. The molecule has 0 bridgehead atoms. The molecule has 1 N–H and O–H groups in total. The number of hydrogen-bond donors (Lipinski definition) is 1. The van der Waals surface area contributed by atoms with Crippen molar-refractivity contribution in [3.63, 3.8) is 0 Å². The van der Waals surface area contributed by atoms with Gasteiger partial charge in [-0.15, -0.1) is 0 Å². The maximum absolute atomic E-state index is 12.3. The molecule has 0 saturated carbocycles. The number of benzene rings is 1. The number of amides is 1. The molecule has 1 aromatic carbocycles. The van der Waals surface area contributed by atoms with E-state index in [4.69, 9.17) is 19.8 Å². The van der Waals surface area contributed by atoms with E-state index in [1.807, 2.05) is 52.0 Å². The van der Waals surface area contributed by atoms with Gasteiger partial charge in [-0.2, -0.15) is 0 Å². The molecule has 0 aromatic heterocycles. The molecule has 3 rings (SSSR count). The molecule has 2 aliphatic rings. The summed E-state index contributed by atoms with van der Waals surface area (Å²) in [6, 6.07) is 7.92. The molecular weight excluding hydrogens is 370 g/mol. The maximum Gasteiger partial charge on any atom is 0.410 e. The molecule has 1 spiro atoms. The number of carboxylic acid groups (broad SMARTS) is 1. The number of aryl methyl sites for hydroxylation is 1. The number of ether oxygens (including phenoxy) is 1. The SMILES string of the molecule is Cc1ccc(C2=NC3(CCN(C(=O)OC(C)(C)C)CC3)N=C2/C=C/C(=O)O)cc1. The zero-order chi connectivity index (χ0) is 21.2. The van der Waals surface area contributed by atoms with Gasteiger partial charge in [0.05, 0.1) is 11.4 Å². The van der Waals surface area contributed by atoms with Crippen molar-refractivity contribution < 1.29 is 19.4 Å². The van der Waals surface area contributed by atoms with Gasteiger partial charge >= 0.3 is 12.1 Å². The summed E-state index contributed by atoms with van der Waals surface area (Å²) in [7, 11) is 0. The van der Waals surface area contributed by atoms with E-state index in [9.17, 15) is 9.59 Å². The topological polar surface area (TPSA) is 91.6 Å². The molecule has 2 aliphatic heterocycles. The van der Waals surface area contributed by atoms with E-state index in [1.165, 1.54) is 6.08 Å². The van der Waals surface area contributed by atoms with Crippen LogP contribution in [-0.2, 0) is 9.53 Å². The zero-order valence-corrected chi connectivity index (χ0v) is 17.3. The molecule has 1 aromatic rings. The maximum atomic E-state index is 12.3. The highest BCUT2D eigenvalue weighted by Gasteiger charge is 2.40. The van der Waals surface area contributed by atoms with Crippen LogP contribution in [0.4, 0.5) is 4.79 Å². The summed E-state index contributed by atoms with van der Waals surface area (Å²) in [5.41, 5.74) is 2.07. The van der Waals surface area contributed by atoms with Gasteiger partial charge in [0.1, 0.15) is 5.60 Å². The van der Waals surface area contributed by atoms with E-state index in [0.29, 0.717) is 37.4 Å². The number of carbonyl (C=O) groups excluding carboxylic acids is 1. The summed E-state index contributed by atoms with van der Waals surface area (Å²) >= 11 is 0. The molecule has 1 fully saturated rings. The van der Waals surface area contributed by atoms with Crippen LogP contribution in [0.25, 0.3) is 0 Å². The number of carbonyl (C=O) groups is 2. The molecular formula is C22H27N3O4. The first-order valence-corrected chi connectivity index (χ1v) is 9.73. The van der Waals surface area contributed by atoms with E-state index >= 15 is 0 Å². The molecule has 7 nitrogen and oxygen atoms in total. The summed E-state index contributed by atoms with van der Waals surface area (Å²) in [6.07, 6.45) is 3.37. The Morgan fingerprint density at radius 1 is 1.14 bits per heavy atom. The van der Waals surface area contributed by atoms with Crippen molar-refractivity contribution in [1.29, 1.82) is 0 Å². The number of nitrogens with zero attached hydrogens (tertiary/aromatic N) is 3. The molecule has 0 radical (unpaired) electrons. The van der Waals surface area contributed by atoms with E-state index in [1.54, 1.807) is 4.90 Å². The van der Waals surface area contributed by atoms with Crippen LogP contribution < -0.4 is 0 Å². The van der Waals surface area contributed by atoms with E-state index < -0.39 is 17.2 Å². The lowest BCUT2D eigenvalue weighted by molar-refractivity contribution is -0.131. The van der Waals surface area contributed by atoms with Crippen LogP contribution in [0.3, 0.4) is 0 Å². The fourth-order valence-electron chi connectivity index (χ4n) is 3.36. The Bertz CT molecular complexity index is 884. The highest BCUT2D eigenvalue weighted by molar-refractivity contribution is 6.53. The molecule has 0 atom stereocenters. The van der Waals surface area contributed by atoms with Gasteiger partial charge in [-0.05, 0) is 33.8 Å². The normalized spacial score (nSPS) is 18.7. The van der Waals surface area contributed by atoms with Gasteiger partial charge in [0.2, 0.25) is 0 Å². The second-order valence-corrected chi connectivity index (χ2v) is 8.44. The van der Waals surface area contributed by atoms with Crippen LogP contribution in [0.5, 0.6) is 0 Å². The average molecular weight is 397 g/mol. The quantitative estimate of drug-likeness (QED) is 0.789. The molecule has 1 saturated heterocycles. The Kier molecular flexibility index (Phi) is 5.59. The lowest BCUT2D eigenvalue weighted by Crippen LogP contribution is -2.46. The Morgan fingerprint density at radius 3 is 2.31 bits per heavy atom. The summed E-state index contributed by atoms with van der Waals surface area (Å²) in [6.45, 7) is 8.51. The molecule has 29 heavy (non-hydrogen) atoms. The van der Waals surface area contributed by atoms with E-state index in [2.05, 4.69) is 0 Å². The third kappa shape index (κ3) is 5.10. The number of aliphatic carboxylic acids is 1. The first kappa shape index (κ1) is 20.8. The predicted molar refractivity (Wildman–Crippen MR) is 112 cm³/mol. The van der Waals surface area contributed by atoms with Gasteiger partial charge in [-0.3, -0.25) is 9.98 Å². The van der Waals surface area contributed by atoms with Crippen molar-refractivity contribution in [3.8, 4) is 0 Å². The number of allylic oxidation sites excluding steroid dienone is 1. The van der Waals surface area contributed by atoms with Crippen LogP contribution in [0.2, 0.25) is 0 Å². The number of hydrogen-bond acceptors (Lipinski definition) is 5. The summed E-state index contributed by atoms with van der Waals surface area (Å²) in [4.78, 5) is 34.7. The Hall–Kier alpha value is -2.96. The van der Waals surface area contributed by atoms with Gasteiger partial charge in [0, 0.05) is 37.6 Å². The first-order chi connectivity index (χ1) is 13.6. The Labute approximate surface area is 170 Å². The molecule has 0 unspecified atom stereocenters. The smallest absolute Gasteiger partial charge is 0.410 e. The van der Waals surface area contributed by atoms with Crippen molar-refractivity contribution in [2.75, 3.05) is 13.1 Å². The monoisotopic (exact) mass is 397 g/mol. The Balaban J connectivity index is 1.83. The molecule has 154 valence electrons. The van der Waals surface area contributed by atoms with Crippen molar-refractivity contribution in [2.45, 2.75) is 51.8 Å². The van der Waals surface area contributed by atoms with Crippen molar-refractivity contribution in [2.24, 2.45) is 9.98 Å². The lowest BCUT2D eigenvalue weighted by atomic mass is 9.99. The van der Waals surface area contributed by atoms with E-state index in [-0.39, 0.29) is 6.09 Å². The first-order valence-electron chi connectivity index (χ1n) is 9.73. The number of piperidine rings is 1. The lowest BCUT2D eigenvalue weighted by Gasteiger charge is -2.36. The van der Waals surface area contributed by atoms with Crippen LogP contribution >= 0.6 is 0 Å². The summed E-state index contributed by atoms with van der Waals surface area (Å²) < 4.78 is 5.45. The number of rotatable bonds is 3. The highest BCUT2D eigenvalue weighted by atomic mass is 16.6. The minimum absolute atomic E-state index is 0.330. The number of aliphatic imine (C=N–C) groups is 2. The zero-order valence-electron chi connectivity index (χ0n) is 17.3. The van der Waals surface area contributed by atoms with Crippen LogP contribution in [0.15, 0.2) is 46.4 Å². The molecule has 7 heteroatoms. The summed E-state index contributed by atoms with van der Waals surface area (Å²) in [5, 5.41) is 9.02. The second kappa shape index (κ2) is 7.81. The highest BCUT2D eigenvalue weighted by Crippen LogP contribution is 2.34. The van der Waals surface area contributed by atoms with Crippen molar-refractivity contribution in [3.05, 3.63) is 47.5 Å². The average Bonchev–Trinajstić information content (AvgIpc) is 2.98. The van der Waals surface area contributed by atoms with Crippen LogP contribution in [-0.4, -0.2) is 57.8 Å². The number of carboxylic acids is 1. The summed E-state index contributed by atoms with van der Waals surface area (Å²) in [5.74, 6) is -1.03. The van der Waals surface area contributed by atoms with Gasteiger partial charge in [0.15, 0.2) is 5.66 Å². The van der Waals surface area contributed by atoms with Crippen molar-refractivity contribution in [1.82, 2.24) is 4.90 Å². The third-order valence-electron chi connectivity index (χ3n) is 4.82.